The lowest BCUT2D eigenvalue weighted by atomic mass is 10.1. The summed E-state index contributed by atoms with van der Waals surface area (Å²) in [6.07, 6.45) is 9.60. The molecule has 0 unspecified atom stereocenters. The van der Waals surface area contributed by atoms with Gasteiger partial charge in [0.1, 0.15) is 0 Å². The summed E-state index contributed by atoms with van der Waals surface area (Å²) >= 11 is 0. The first-order valence-electron chi connectivity index (χ1n) is 4.20. The van der Waals surface area contributed by atoms with E-state index in [2.05, 4.69) is 16.9 Å². The van der Waals surface area contributed by atoms with E-state index in [1.165, 1.54) is 25.0 Å². The van der Waals surface area contributed by atoms with E-state index in [0.29, 0.717) is 0 Å². The standard InChI is InChI=1S/C9H15N2/c1-2-3-4-5-6-9-7-10-8-11-9/h7-8H,1-6H2,(H,10,11). The predicted molar refractivity (Wildman–Crippen MR) is 46.1 cm³/mol. The van der Waals surface area contributed by atoms with Crippen LogP contribution in [-0.2, 0) is 6.42 Å². The summed E-state index contributed by atoms with van der Waals surface area (Å²) < 4.78 is 0. The van der Waals surface area contributed by atoms with Gasteiger partial charge in [0.2, 0.25) is 0 Å². The summed E-state index contributed by atoms with van der Waals surface area (Å²) in [5.41, 5.74) is 1.18. The van der Waals surface area contributed by atoms with Crippen LogP contribution < -0.4 is 0 Å². The highest BCUT2D eigenvalue weighted by Gasteiger charge is 1.93. The second kappa shape index (κ2) is 4.94. The highest BCUT2D eigenvalue weighted by atomic mass is 14.9. The minimum absolute atomic E-state index is 1.06. The van der Waals surface area contributed by atoms with Crippen molar-refractivity contribution in [1.82, 2.24) is 9.97 Å². The van der Waals surface area contributed by atoms with Crippen LogP contribution in [0.2, 0.25) is 0 Å². The zero-order valence-corrected chi connectivity index (χ0v) is 6.84. The first kappa shape index (κ1) is 8.31. The Morgan fingerprint density at radius 1 is 1.36 bits per heavy atom. The minimum Gasteiger partial charge on any atom is -0.351 e. The van der Waals surface area contributed by atoms with Gasteiger partial charge in [0.05, 0.1) is 12.0 Å². The molecule has 0 aliphatic heterocycles. The van der Waals surface area contributed by atoms with Crippen molar-refractivity contribution in [1.29, 1.82) is 0 Å². The average molecular weight is 151 g/mol. The smallest absolute Gasteiger partial charge is 0.0923 e. The van der Waals surface area contributed by atoms with Crippen LogP contribution in [0.25, 0.3) is 0 Å². The molecule has 0 amide bonds. The lowest BCUT2D eigenvalue weighted by Crippen LogP contribution is -1.84. The van der Waals surface area contributed by atoms with Crippen molar-refractivity contribution in [3.8, 4) is 0 Å². The van der Waals surface area contributed by atoms with Gasteiger partial charge in [-0.2, -0.15) is 0 Å². The van der Waals surface area contributed by atoms with Crippen LogP contribution in [0.1, 0.15) is 31.4 Å². The number of aromatic amines is 1. The SMILES string of the molecule is [CH2]CCCCCc1c[nH]cn1. The van der Waals surface area contributed by atoms with Crippen LogP contribution in [0.15, 0.2) is 12.5 Å². The maximum atomic E-state index is 4.14. The van der Waals surface area contributed by atoms with Gasteiger partial charge in [0.25, 0.3) is 0 Å². The Kier molecular flexibility index (Phi) is 3.73. The number of nitrogens with one attached hydrogen (secondary N) is 1. The molecule has 61 valence electrons. The highest BCUT2D eigenvalue weighted by Crippen LogP contribution is 2.03. The first-order valence-corrected chi connectivity index (χ1v) is 4.20. The Bertz CT molecular complexity index is 168. The molecule has 0 aromatic carbocycles. The van der Waals surface area contributed by atoms with Crippen molar-refractivity contribution in [2.24, 2.45) is 0 Å². The highest BCUT2D eigenvalue weighted by molar-refractivity contribution is 4.93. The number of hydrogen-bond donors (Lipinski definition) is 1. The zero-order chi connectivity index (χ0) is 7.94. The van der Waals surface area contributed by atoms with Gasteiger partial charge in [-0.15, -0.1) is 0 Å². The molecule has 0 aliphatic rings. The van der Waals surface area contributed by atoms with E-state index >= 15 is 0 Å². The van der Waals surface area contributed by atoms with Gasteiger partial charge in [-0.25, -0.2) is 4.98 Å². The summed E-state index contributed by atoms with van der Waals surface area (Å²) in [6, 6.07) is 0. The first-order chi connectivity index (χ1) is 5.43. The average Bonchev–Trinajstić information content (AvgIpc) is 2.50. The summed E-state index contributed by atoms with van der Waals surface area (Å²) in [5.74, 6) is 0. The zero-order valence-electron chi connectivity index (χ0n) is 6.84. The van der Waals surface area contributed by atoms with Crippen LogP contribution >= 0.6 is 0 Å². The van der Waals surface area contributed by atoms with Gasteiger partial charge in [-0.3, -0.25) is 0 Å². The summed E-state index contributed by atoms with van der Waals surface area (Å²) in [6.45, 7) is 3.80. The molecule has 1 aromatic rings. The maximum absolute atomic E-state index is 4.14. The number of aromatic nitrogens is 2. The normalized spacial score (nSPS) is 10.3. The molecule has 0 bridgehead atoms. The number of H-pyrrole nitrogens is 1. The Balaban J connectivity index is 2.04. The van der Waals surface area contributed by atoms with Gasteiger partial charge < -0.3 is 4.98 Å². The lowest BCUT2D eigenvalue weighted by molar-refractivity contribution is 0.680. The third-order valence-corrected chi connectivity index (χ3v) is 1.74. The Morgan fingerprint density at radius 2 is 2.27 bits per heavy atom. The van der Waals surface area contributed by atoms with Crippen molar-refractivity contribution in [3.05, 3.63) is 25.1 Å². The van der Waals surface area contributed by atoms with Gasteiger partial charge in [0, 0.05) is 6.20 Å². The lowest BCUT2D eigenvalue weighted by Gasteiger charge is -1.95. The van der Waals surface area contributed by atoms with Crippen molar-refractivity contribution in [2.75, 3.05) is 0 Å². The summed E-state index contributed by atoms with van der Waals surface area (Å²) in [5, 5.41) is 0. The van der Waals surface area contributed by atoms with E-state index in [1.807, 2.05) is 6.20 Å². The van der Waals surface area contributed by atoms with E-state index in [4.69, 9.17) is 0 Å². The van der Waals surface area contributed by atoms with Crippen LogP contribution in [-0.4, -0.2) is 9.97 Å². The molecule has 0 saturated carbocycles. The van der Waals surface area contributed by atoms with Crippen LogP contribution in [0.3, 0.4) is 0 Å². The largest absolute Gasteiger partial charge is 0.351 e. The molecule has 1 rings (SSSR count). The number of imidazole rings is 1. The number of unbranched alkanes of at least 4 members (excludes halogenated alkanes) is 3. The van der Waals surface area contributed by atoms with Gasteiger partial charge in [-0.1, -0.05) is 26.2 Å². The fraction of sp³-hybridized carbons (Fsp3) is 0.556. The minimum atomic E-state index is 1.06. The number of hydrogen-bond acceptors (Lipinski definition) is 1. The Morgan fingerprint density at radius 3 is 2.91 bits per heavy atom. The topological polar surface area (TPSA) is 28.7 Å². The number of nitrogens with zero attached hydrogens (tertiary/aromatic N) is 1. The van der Waals surface area contributed by atoms with Gasteiger partial charge in [-0.05, 0) is 12.8 Å². The van der Waals surface area contributed by atoms with Crippen molar-refractivity contribution < 1.29 is 0 Å². The molecule has 1 N–H and O–H groups in total. The quantitative estimate of drug-likeness (QED) is 0.643. The fourth-order valence-corrected chi connectivity index (χ4v) is 1.09. The molecule has 0 saturated heterocycles. The third kappa shape index (κ3) is 3.21. The van der Waals surface area contributed by atoms with Gasteiger partial charge >= 0.3 is 0 Å². The second-order valence-corrected chi connectivity index (χ2v) is 2.72. The maximum Gasteiger partial charge on any atom is 0.0923 e. The molecule has 0 fully saturated rings. The molecular formula is C9H15N2. The van der Waals surface area contributed by atoms with Crippen LogP contribution in [0, 0.1) is 6.92 Å². The molecule has 1 aromatic heterocycles. The van der Waals surface area contributed by atoms with E-state index < -0.39 is 0 Å². The van der Waals surface area contributed by atoms with Gasteiger partial charge in [0.15, 0.2) is 0 Å². The van der Waals surface area contributed by atoms with E-state index in [0.717, 1.165) is 12.8 Å². The summed E-state index contributed by atoms with van der Waals surface area (Å²) in [4.78, 5) is 7.09. The number of rotatable bonds is 5. The van der Waals surface area contributed by atoms with Crippen LogP contribution in [0.4, 0.5) is 0 Å². The molecule has 1 radical (unpaired) electrons. The molecule has 2 nitrogen and oxygen atoms in total. The second-order valence-electron chi connectivity index (χ2n) is 2.72. The monoisotopic (exact) mass is 151 g/mol. The van der Waals surface area contributed by atoms with Crippen molar-refractivity contribution >= 4 is 0 Å². The number of aryl methyl sites for hydroxylation is 1. The molecule has 1 heterocycles. The molecule has 0 aliphatic carbocycles. The molecular weight excluding hydrogens is 136 g/mol. The Labute approximate surface area is 68.0 Å². The van der Waals surface area contributed by atoms with E-state index in [1.54, 1.807) is 6.33 Å². The van der Waals surface area contributed by atoms with Crippen molar-refractivity contribution in [3.63, 3.8) is 0 Å². The Hall–Kier alpha value is -0.790. The molecule has 0 spiro atoms. The molecule has 2 heteroatoms. The summed E-state index contributed by atoms with van der Waals surface area (Å²) in [7, 11) is 0. The van der Waals surface area contributed by atoms with Crippen LogP contribution in [0.5, 0.6) is 0 Å². The van der Waals surface area contributed by atoms with E-state index in [9.17, 15) is 0 Å². The predicted octanol–water partition coefficient (Wildman–Crippen LogP) is 2.35. The molecule has 0 atom stereocenters. The molecule has 11 heavy (non-hydrogen) atoms. The van der Waals surface area contributed by atoms with E-state index in [-0.39, 0.29) is 0 Å². The fourth-order valence-electron chi connectivity index (χ4n) is 1.09. The van der Waals surface area contributed by atoms with Crippen molar-refractivity contribution in [2.45, 2.75) is 32.1 Å². The third-order valence-electron chi connectivity index (χ3n) is 1.74.